The molecular weight excluding hydrogens is 217 g/mol. The van der Waals surface area contributed by atoms with Gasteiger partial charge in [-0.15, -0.1) is 0 Å². The Hall–Kier alpha value is -1.09. The molecule has 1 saturated carbocycles. The molecule has 0 spiro atoms. The summed E-state index contributed by atoms with van der Waals surface area (Å²) in [6, 6.07) is 5.45. The first-order valence-corrected chi connectivity index (χ1v) is 6.29. The topological polar surface area (TPSA) is 21.3 Å². The molecule has 0 bridgehead atoms. The smallest absolute Gasteiger partial charge is 0.126 e. The van der Waals surface area contributed by atoms with E-state index < -0.39 is 0 Å². The van der Waals surface area contributed by atoms with Crippen molar-refractivity contribution in [1.29, 1.82) is 0 Å². The molecule has 2 rings (SSSR count). The molecule has 1 aromatic carbocycles. The summed E-state index contributed by atoms with van der Waals surface area (Å²) in [4.78, 5) is 0. The highest BCUT2D eigenvalue weighted by atomic mass is 19.1. The van der Waals surface area contributed by atoms with Crippen molar-refractivity contribution in [3.8, 4) is 5.75 Å². The summed E-state index contributed by atoms with van der Waals surface area (Å²) in [5.41, 5.74) is 0.627. The molecule has 0 aromatic heterocycles. The summed E-state index contributed by atoms with van der Waals surface area (Å²) in [6.45, 7) is 5.44. The largest absolute Gasteiger partial charge is 0.492 e. The summed E-state index contributed by atoms with van der Waals surface area (Å²) in [6.07, 6.45) is 2.71. The zero-order valence-corrected chi connectivity index (χ0v) is 10.5. The van der Waals surface area contributed by atoms with E-state index in [1.54, 1.807) is 19.1 Å². The van der Waals surface area contributed by atoms with Crippen molar-refractivity contribution >= 4 is 0 Å². The van der Waals surface area contributed by atoms with Gasteiger partial charge in [0.2, 0.25) is 0 Å². The monoisotopic (exact) mass is 237 g/mol. The summed E-state index contributed by atoms with van der Waals surface area (Å²) in [5.74, 6) is 1.42. The standard InChI is InChI=1S/C14H20FNO/c1-10-9-13(5-6-14(10)15)17-8-7-16-11(2)12-3-4-12/h5-6,9,11-12,16H,3-4,7-8H2,1-2H3. The lowest BCUT2D eigenvalue weighted by molar-refractivity contribution is 0.302. The second-order valence-electron chi connectivity index (χ2n) is 4.84. The van der Waals surface area contributed by atoms with E-state index >= 15 is 0 Å². The van der Waals surface area contributed by atoms with Crippen LogP contribution >= 0.6 is 0 Å². The molecule has 1 aliphatic carbocycles. The van der Waals surface area contributed by atoms with Crippen LogP contribution in [0.2, 0.25) is 0 Å². The number of ether oxygens (including phenoxy) is 1. The molecule has 1 aromatic rings. The third-order valence-electron chi connectivity index (χ3n) is 3.30. The minimum atomic E-state index is -0.183. The van der Waals surface area contributed by atoms with E-state index in [2.05, 4.69) is 12.2 Å². The molecular formula is C14H20FNO. The Morgan fingerprint density at radius 1 is 1.47 bits per heavy atom. The molecule has 3 heteroatoms. The molecule has 1 fully saturated rings. The highest BCUT2D eigenvalue weighted by Gasteiger charge is 2.27. The number of hydrogen-bond donors (Lipinski definition) is 1. The molecule has 2 nitrogen and oxygen atoms in total. The number of halogens is 1. The second kappa shape index (κ2) is 5.50. The van der Waals surface area contributed by atoms with Crippen molar-refractivity contribution in [1.82, 2.24) is 5.32 Å². The van der Waals surface area contributed by atoms with Crippen molar-refractivity contribution in [3.05, 3.63) is 29.6 Å². The van der Waals surface area contributed by atoms with Gasteiger partial charge in [-0.3, -0.25) is 0 Å². The van der Waals surface area contributed by atoms with Crippen molar-refractivity contribution in [2.75, 3.05) is 13.2 Å². The van der Waals surface area contributed by atoms with Crippen molar-refractivity contribution in [2.24, 2.45) is 5.92 Å². The summed E-state index contributed by atoms with van der Waals surface area (Å²) in [7, 11) is 0. The Labute approximate surface area is 102 Å². The molecule has 1 unspecified atom stereocenters. The first-order valence-electron chi connectivity index (χ1n) is 6.29. The fourth-order valence-corrected chi connectivity index (χ4v) is 1.93. The fourth-order valence-electron chi connectivity index (χ4n) is 1.93. The maximum Gasteiger partial charge on any atom is 0.126 e. The molecule has 0 aliphatic heterocycles. The SMILES string of the molecule is Cc1cc(OCCNC(C)C2CC2)ccc1F. The molecule has 0 radical (unpaired) electrons. The molecule has 1 N–H and O–H groups in total. The molecule has 17 heavy (non-hydrogen) atoms. The Kier molecular flexibility index (Phi) is 4.00. The van der Waals surface area contributed by atoms with E-state index in [0.29, 0.717) is 18.2 Å². The normalized spacial score (nSPS) is 16.9. The molecule has 1 aliphatic rings. The van der Waals surface area contributed by atoms with Gasteiger partial charge in [-0.2, -0.15) is 0 Å². The average molecular weight is 237 g/mol. The van der Waals surface area contributed by atoms with Crippen molar-refractivity contribution < 1.29 is 9.13 Å². The third kappa shape index (κ3) is 3.70. The number of hydrogen-bond acceptors (Lipinski definition) is 2. The lowest BCUT2D eigenvalue weighted by atomic mass is 10.2. The zero-order chi connectivity index (χ0) is 12.3. The highest BCUT2D eigenvalue weighted by molar-refractivity contribution is 5.28. The lowest BCUT2D eigenvalue weighted by Gasteiger charge is -2.13. The van der Waals surface area contributed by atoms with Gasteiger partial charge in [0.25, 0.3) is 0 Å². The van der Waals surface area contributed by atoms with E-state index in [-0.39, 0.29) is 5.82 Å². The van der Waals surface area contributed by atoms with Crippen LogP contribution in [0.1, 0.15) is 25.3 Å². The van der Waals surface area contributed by atoms with E-state index in [0.717, 1.165) is 18.2 Å². The highest BCUT2D eigenvalue weighted by Crippen LogP contribution is 2.32. The van der Waals surface area contributed by atoms with Gasteiger partial charge in [0.1, 0.15) is 18.2 Å². The predicted molar refractivity (Wildman–Crippen MR) is 66.8 cm³/mol. The van der Waals surface area contributed by atoms with Gasteiger partial charge in [0, 0.05) is 12.6 Å². The van der Waals surface area contributed by atoms with Gasteiger partial charge in [0.05, 0.1) is 0 Å². The van der Waals surface area contributed by atoms with Gasteiger partial charge in [0.15, 0.2) is 0 Å². The number of nitrogens with one attached hydrogen (secondary N) is 1. The van der Waals surface area contributed by atoms with Gasteiger partial charge in [-0.25, -0.2) is 4.39 Å². The number of benzene rings is 1. The number of aryl methyl sites for hydroxylation is 1. The van der Waals surface area contributed by atoms with E-state index in [1.165, 1.54) is 18.9 Å². The summed E-state index contributed by atoms with van der Waals surface area (Å²) in [5, 5.41) is 3.44. The van der Waals surface area contributed by atoms with Crippen LogP contribution in [0, 0.1) is 18.7 Å². The van der Waals surface area contributed by atoms with E-state index in [1.807, 2.05) is 0 Å². The van der Waals surface area contributed by atoms with Gasteiger partial charge in [-0.1, -0.05) is 0 Å². The maximum absolute atomic E-state index is 13.0. The minimum Gasteiger partial charge on any atom is -0.492 e. The Balaban J connectivity index is 1.68. The van der Waals surface area contributed by atoms with Crippen LogP contribution in [0.4, 0.5) is 4.39 Å². The molecule has 1 atom stereocenters. The predicted octanol–water partition coefficient (Wildman–Crippen LogP) is 2.90. The second-order valence-corrected chi connectivity index (χ2v) is 4.84. The first-order chi connectivity index (χ1) is 8.16. The maximum atomic E-state index is 13.0. The Morgan fingerprint density at radius 3 is 2.88 bits per heavy atom. The van der Waals surface area contributed by atoms with Gasteiger partial charge in [-0.05, 0) is 56.4 Å². The lowest BCUT2D eigenvalue weighted by Crippen LogP contribution is -2.31. The molecule has 0 saturated heterocycles. The molecule has 0 heterocycles. The Morgan fingerprint density at radius 2 is 2.24 bits per heavy atom. The Bertz CT molecular complexity index is 376. The average Bonchev–Trinajstić information content (AvgIpc) is 3.13. The quantitative estimate of drug-likeness (QED) is 0.768. The van der Waals surface area contributed by atoms with Crippen molar-refractivity contribution in [3.63, 3.8) is 0 Å². The van der Waals surface area contributed by atoms with Gasteiger partial charge < -0.3 is 10.1 Å². The van der Waals surface area contributed by atoms with Gasteiger partial charge >= 0.3 is 0 Å². The van der Waals surface area contributed by atoms with Crippen LogP contribution in [-0.2, 0) is 0 Å². The van der Waals surface area contributed by atoms with Crippen LogP contribution < -0.4 is 10.1 Å². The van der Waals surface area contributed by atoms with Crippen LogP contribution in [0.15, 0.2) is 18.2 Å². The van der Waals surface area contributed by atoms with Crippen molar-refractivity contribution in [2.45, 2.75) is 32.7 Å². The molecule has 0 amide bonds. The zero-order valence-electron chi connectivity index (χ0n) is 10.5. The van der Waals surface area contributed by atoms with E-state index in [4.69, 9.17) is 4.74 Å². The third-order valence-corrected chi connectivity index (χ3v) is 3.30. The summed E-state index contributed by atoms with van der Waals surface area (Å²) < 4.78 is 18.6. The first kappa shape index (κ1) is 12.4. The molecule has 94 valence electrons. The van der Waals surface area contributed by atoms with Crippen LogP contribution in [0.5, 0.6) is 5.75 Å². The van der Waals surface area contributed by atoms with Crippen LogP contribution in [-0.4, -0.2) is 19.2 Å². The van der Waals surface area contributed by atoms with Crippen LogP contribution in [0.3, 0.4) is 0 Å². The van der Waals surface area contributed by atoms with E-state index in [9.17, 15) is 4.39 Å². The number of rotatable bonds is 6. The van der Waals surface area contributed by atoms with Crippen LogP contribution in [0.25, 0.3) is 0 Å². The minimum absolute atomic E-state index is 0.183. The summed E-state index contributed by atoms with van der Waals surface area (Å²) >= 11 is 0. The fraction of sp³-hybridized carbons (Fsp3) is 0.571.